The van der Waals surface area contributed by atoms with Gasteiger partial charge in [-0.3, -0.25) is 4.79 Å². The zero-order chi connectivity index (χ0) is 20.5. The summed E-state index contributed by atoms with van der Waals surface area (Å²) in [5, 5.41) is 13.2. The van der Waals surface area contributed by atoms with Gasteiger partial charge in [-0.05, 0) is 41.3 Å². The van der Waals surface area contributed by atoms with Gasteiger partial charge >= 0.3 is 0 Å². The number of aromatic nitrogens is 5. The maximum absolute atomic E-state index is 12.3. The Labute approximate surface area is 174 Å². The maximum atomic E-state index is 12.3. The third-order valence-electron chi connectivity index (χ3n) is 4.40. The summed E-state index contributed by atoms with van der Waals surface area (Å²) >= 11 is 1.39. The number of nitrogens with one attached hydrogen (secondary N) is 1. The predicted octanol–water partition coefficient (Wildman–Crippen LogP) is 3.43. The van der Waals surface area contributed by atoms with Crippen LogP contribution < -0.4 is 11.1 Å². The Kier molecular flexibility index (Phi) is 4.45. The fourth-order valence-corrected chi connectivity index (χ4v) is 3.70. The van der Waals surface area contributed by atoms with Crippen LogP contribution in [-0.4, -0.2) is 30.9 Å². The number of anilines is 2. The van der Waals surface area contributed by atoms with E-state index >= 15 is 0 Å². The van der Waals surface area contributed by atoms with Crippen LogP contribution in [0.5, 0.6) is 0 Å². The maximum Gasteiger partial charge on any atom is 0.265 e. The SMILES string of the molecule is Nc1nc(-c2ccco2)c2nnn(Cc3cccc(NC(=O)c4cccs4)c3)c2n1. The largest absolute Gasteiger partial charge is 0.463 e. The Balaban J connectivity index is 1.44. The molecule has 0 bridgehead atoms. The molecule has 0 aliphatic rings. The van der Waals surface area contributed by atoms with Gasteiger partial charge in [0.25, 0.3) is 5.91 Å². The van der Waals surface area contributed by atoms with Gasteiger partial charge < -0.3 is 15.5 Å². The molecule has 4 heterocycles. The van der Waals surface area contributed by atoms with E-state index in [0.717, 1.165) is 5.56 Å². The minimum Gasteiger partial charge on any atom is -0.463 e. The van der Waals surface area contributed by atoms with Crippen LogP contribution in [0.3, 0.4) is 0 Å². The van der Waals surface area contributed by atoms with Crippen LogP contribution in [0.25, 0.3) is 22.6 Å². The highest BCUT2D eigenvalue weighted by atomic mass is 32.1. The molecule has 10 heteroatoms. The Hall–Kier alpha value is -4.05. The minimum atomic E-state index is -0.142. The third-order valence-corrected chi connectivity index (χ3v) is 5.27. The van der Waals surface area contributed by atoms with Crippen LogP contribution in [0.4, 0.5) is 11.6 Å². The monoisotopic (exact) mass is 417 g/mol. The van der Waals surface area contributed by atoms with E-state index in [1.807, 2.05) is 35.7 Å². The Morgan fingerprint density at radius 3 is 2.90 bits per heavy atom. The molecule has 0 aliphatic heterocycles. The van der Waals surface area contributed by atoms with E-state index in [4.69, 9.17) is 10.2 Å². The van der Waals surface area contributed by atoms with E-state index in [0.29, 0.717) is 39.7 Å². The highest BCUT2D eigenvalue weighted by Gasteiger charge is 2.17. The molecule has 0 spiro atoms. The van der Waals surface area contributed by atoms with Crippen molar-refractivity contribution in [2.24, 2.45) is 0 Å². The first-order valence-electron chi connectivity index (χ1n) is 9.02. The van der Waals surface area contributed by atoms with Gasteiger partial charge in [0.1, 0.15) is 5.69 Å². The smallest absolute Gasteiger partial charge is 0.265 e. The summed E-state index contributed by atoms with van der Waals surface area (Å²) in [7, 11) is 0. The van der Waals surface area contributed by atoms with Crippen LogP contribution in [0, 0.1) is 0 Å². The number of nitrogens with zero attached hydrogens (tertiary/aromatic N) is 5. The van der Waals surface area contributed by atoms with Crippen LogP contribution in [0.15, 0.2) is 64.6 Å². The predicted molar refractivity (Wildman–Crippen MR) is 113 cm³/mol. The first kappa shape index (κ1) is 18.0. The molecule has 3 N–H and O–H groups in total. The van der Waals surface area contributed by atoms with Crippen LogP contribution >= 0.6 is 11.3 Å². The Morgan fingerprint density at radius 2 is 2.10 bits per heavy atom. The molecule has 0 saturated carbocycles. The zero-order valence-electron chi connectivity index (χ0n) is 15.5. The second-order valence-corrected chi connectivity index (χ2v) is 7.41. The number of fused-ring (bicyclic) bond motifs is 1. The number of rotatable bonds is 5. The van der Waals surface area contributed by atoms with Crippen molar-refractivity contribution in [2.75, 3.05) is 11.1 Å². The van der Waals surface area contributed by atoms with E-state index in [2.05, 4.69) is 25.6 Å². The summed E-state index contributed by atoms with van der Waals surface area (Å²) in [4.78, 5) is 21.5. The summed E-state index contributed by atoms with van der Waals surface area (Å²) in [6.07, 6.45) is 1.56. The second kappa shape index (κ2) is 7.41. The average Bonchev–Trinajstić information content (AvgIpc) is 3.50. The molecule has 0 aliphatic carbocycles. The number of carbonyl (C=O) groups excluding carboxylic acids is 1. The van der Waals surface area contributed by atoms with Gasteiger partial charge in [-0.15, -0.1) is 16.4 Å². The van der Waals surface area contributed by atoms with Gasteiger partial charge in [0.05, 0.1) is 17.7 Å². The van der Waals surface area contributed by atoms with E-state index in [1.165, 1.54) is 11.3 Å². The first-order chi connectivity index (χ1) is 14.7. The van der Waals surface area contributed by atoms with Crippen molar-refractivity contribution in [3.63, 3.8) is 0 Å². The van der Waals surface area contributed by atoms with E-state index in [1.54, 1.807) is 29.1 Å². The van der Waals surface area contributed by atoms with Crippen molar-refractivity contribution in [1.82, 2.24) is 25.0 Å². The van der Waals surface area contributed by atoms with Gasteiger partial charge in [-0.25, -0.2) is 9.67 Å². The van der Waals surface area contributed by atoms with Crippen LogP contribution in [-0.2, 0) is 6.54 Å². The fourth-order valence-electron chi connectivity index (χ4n) is 3.09. The van der Waals surface area contributed by atoms with Crippen molar-refractivity contribution >= 4 is 40.0 Å². The molecule has 9 nitrogen and oxygen atoms in total. The number of thiophene rings is 1. The zero-order valence-corrected chi connectivity index (χ0v) is 16.3. The van der Waals surface area contributed by atoms with Gasteiger partial charge in [-0.1, -0.05) is 23.4 Å². The number of furan rings is 1. The topological polar surface area (TPSA) is 125 Å². The third kappa shape index (κ3) is 3.40. The lowest BCUT2D eigenvalue weighted by Crippen LogP contribution is -2.10. The molecule has 1 aromatic carbocycles. The number of carbonyl (C=O) groups is 1. The molecule has 148 valence electrons. The van der Waals surface area contributed by atoms with Crippen molar-refractivity contribution in [2.45, 2.75) is 6.54 Å². The van der Waals surface area contributed by atoms with Crippen LogP contribution in [0.2, 0.25) is 0 Å². The summed E-state index contributed by atoms with van der Waals surface area (Å²) < 4.78 is 7.07. The number of hydrogen-bond donors (Lipinski definition) is 2. The van der Waals surface area contributed by atoms with Crippen molar-refractivity contribution in [1.29, 1.82) is 0 Å². The molecule has 0 fully saturated rings. The lowest BCUT2D eigenvalue weighted by molar-refractivity contribution is 0.103. The molecule has 0 atom stereocenters. The molecule has 0 unspecified atom stereocenters. The summed E-state index contributed by atoms with van der Waals surface area (Å²) in [5.41, 5.74) is 9.01. The number of amides is 1. The van der Waals surface area contributed by atoms with Crippen molar-refractivity contribution in [3.8, 4) is 11.5 Å². The highest BCUT2D eigenvalue weighted by Crippen LogP contribution is 2.26. The molecule has 0 radical (unpaired) electrons. The molecule has 5 rings (SSSR count). The quantitative estimate of drug-likeness (QED) is 0.449. The molecule has 5 aromatic rings. The average molecular weight is 417 g/mol. The summed E-state index contributed by atoms with van der Waals surface area (Å²) in [5.74, 6) is 0.505. The minimum absolute atomic E-state index is 0.106. The lowest BCUT2D eigenvalue weighted by Gasteiger charge is -2.07. The molecule has 4 aromatic heterocycles. The van der Waals surface area contributed by atoms with Crippen molar-refractivity contribution < 1.29 is 9.21 Å². The normalized spacial score (nSPS) is 11.1. The lowest BCUT2D eigenvalue weighted by atomic mass is 10.2. The van der Waals surface area contributed by atoms with Gasteiger partial charge in [0, 0.05) is 5.69 Å². The van der Waals surface area contributed by atoms with Crippen molar-refractivity contribution in [3.05, 3.63) is 70.6 Å². The fraction of sp³-hybridized carbons (Fsp3) is 0.0500. The molecular weight excluding hydrogens is 402 g/mol. The number of benzene rings is 1. The van der Waals surface area contributed by atoms with Crippen LogP contribution in [0.1, 0.15) is 15.2 Å². The second-order valence-electron chi connectivity index (χ2n) is 6.46. The standard InChI is InChI=1S/C20H15N7O2S/c21-20-23-16(14-6-2-8-29-14)17-18(24-20)27(26-25-17)11-12-4-1-5-13(10-12)22-19(28)15-7-3-9-30-15/h1-10H,11H2,(H,22,28)(H2,21,23,24). The number of hydrogen-bond acceptors (Lipinski definition) is 8. The van der Waals surface area contributed by atoms with E-state index < -0.39 is 0 Å². The van der Waals surface area contributed by atoms with Gasteiger partial charge in [-0.2, -0.15) is 4.98 Å². The summed E-state index contributed by atoms with van der Waals surface area (Å²) in [6.45, 7) is 0.396. The number of nitrogens with two attached hydrogens (primary N) is 1. The molecule has 1 amide bonds. The van der Waals surface area contributed by atoms with E-state index in [9.17, 15) is 4.79 Å². The molecule has 0 saturated heterocycles. The van der Waals surface area contributed by atoms with E-state index in [-0.39, 0.29) is 11.9 Å². The molecule has 30 heavy (non-hydrogen) atoms. The number of nitrogen functional groups attached to an aromatic ring is 1. The van der Waals surface area contributed by atoms with Gasteiger partial charge in [0.15, 0.2) is 16.9 Å². The summed E-state index contributed by atoms with van der Waals surface area (Å²) in [6, 6.07) is 14.7. The first-order valence-corrected chi connectivity index (χ1v) is 9.90. The Bertz CT molecular complexity index is 1330. The Morgan fingerprint density at radius 1 is 1.17 bits per heavy atom. The van der Waals surface area contributed by atoms with Gasteiger partial charge in [0.2, 0.25) is 5.95 Å². The molecular formula is C20H15N7O2S. The highest BCUT2D eigenvalue weighted by molar-refractivity contribution is 7.12.